The van der Waals surface area contributed by atoms with Crippen molar-refractivity contribution in [2.45, 2.75) is 49.8 Å². The standard InChI is InChI=1S/C19H23ClN4OS/c1-2-12-24-18(15-10-6-7-11-16(15)20)22-23-19(24)26-13-17(25)21-14-8-4-3-5-9-14/h2,6-7,10-11,14H,1,3-5,8-9,12-13H2,(H,21,25). The molecule has 0 aliphatic heterocycles. The fourth-order valence-corrected chi connectivity index (χ4v) is 4.16. The minimum atomic E-state index is 0.0503. The van der Waals surface area contributed by atoms with Crippen LogP contribution in [-0.2, 0) is 11.3 Å². The molecule has 1 heterocycles. The number of nitrogens with zero attached hydrogens (tertiary/aromatic N) is 3. The van der Waals surface area contributed by atoms with Gasteiger partial charge in [-0.25, -0.2) is 0 Å². The van der Waals surface area contributed by atoms with Crippen LogP contribution in [0.5, 0.6) is 0 Å². The van der Waals surface area contributed by atoms with Gasteiger partial charge in [-0.1, -0.05) is 60.8 Å². The Hall–Kier alpha value is -1.79. The Morgan fingerprint density at radius 3 is 2.81 bits per heavy atom. The summed E-state index contributed by atoms with van der Waals surface area (Å²) in [6.07, 6.45) is 7.63. The summed E-state index contributed by atoms with van der Waals surface area (Å²) in [5.74, 6) is 1.06. The fourth-order valence-electron chi connectivity index (χ4n) is 3.18. The highest BCUT2D eigenvalue weighted by molar-refractivity contribution is 7.99. The van der Waals surface area contributed by atoms with Crippen LogP contribution in [0.4, 0.5) is 0 Å². The minimum Gasteiger partial charge on any atom is -0.353 e. The van der Waals surface area contributed by atoms with E-state index in [0.29, 0.717) is 34.3 Å². The SMILES string of the molecule is C=CCn1c(SCC(=O)NC2CCCCC2)nnc1-c1ccccc1Cl. The van der Waals surface area contributed by atoms with Gasteiger partial charge in [-0.2, -0.15) is 0 Å². The number of amides is 1. The van der Waals surface area contributed by atoms with E-state index in [1.807, 2.05) is 28.8 Å². The van der Waals surface area contributed by atoms with Crippen molar-refractivity contribution in [3.8, 4) is 11.4 Å². The van der Waals surface area contributed by atoms with Gasteiger partial charge in [0.25, 0.3) is 0 Å². The van der Waals surface area contributed by atoms with E-state index in [-0.39, 0.29) is 5.91 Å². The quantitative estimate of drug-likeness (QED) is 0.564. The molecule has 0 bridgehead atoms. The number of aromatic nitrogens is 3. The van der Waals surface area contributed by atoms with Crippen molar-refractivity contribution in [2.24, 2.45) is 0 Å². The van der Waals surface area contributed by atoms with E-state index in [0.717, 1.165) is 18.4 Å². The molecule has 0 radical (unpaired) electrons. The average Bonchev–Trinajstić information content (AvgIpc) is 3.04. The topological polar surface area (TPSA) is 59.8 Å². The van der Waals surface area contributed by atoms with E-state index in [2.05, 4.69) is 22.1 Å². The van der Waals surface area contributed by atoms with Gasteiger partial charge in [-0.3, -0.25) is 9.36 Å². The van der Waals surface area contributed by atoms with Gasteiger partial charge in [-0.15, -0.1) is 16.8 Å². The molecule has 1 saturated carbocycles. The first-order valence-electron chi connectivity index (χ1n) is 8.90. The first-order chi connectivity index (χ1) is 12.7. The third kappa shape index (κ3) is 4.68. The van der Waals surface area contributed by atoms with Crippen LogP contribution < -0.4 is 5.32 Å². The molecule has 0 saturated heterocycles. The Kier molecular flexibility index (Phi) is 6.74. The van der Waals surface area contributed by atoms with Crippen LogP contribution in [0.25, 0.3) is 11.4 Å². The third-order valence-electron chi connectivity index (χ3n) is 4.45. The van der Waals surface area contributed by atoms with Crippen molar-refractivity contribution < 1.29 is 4.79 Å². The number of hydrogen-bond acceptors (Lipinski definition) is 4. The van der Waals surface area contributed by atoms with Crippen LogP contribution in [0.3, 0.4) is 0 Å². The largest absolute Gasteiger partial charge is 0.353 e. The molecule has 5 nitrogen and oxygen atoms in total. The van der Waals surface area contributed by atoms with Crippen LogP contribution in [0, 0.1) is 0 Å². The van der Waals surface area contributed by atoms with E-state index < -0.39 is 0 Å². The lowest BCUT2D eigenvalue weighted by atomic mass is 9.95. The maximum Gasteiger partial charge on any atom is 0.230 e. The lowest BCUT2D eigenvalue weighted by Gasteiger charge is -2.22. The van der Waals surface area contributed by atoms with Gasteiger partial charge in [0.1, 0.15) is 0 Å². The zero-order valence-electron chi connectivity index (χ0n) is 14.7. The zero-order chi connectivity index (χ0) is 18.4. The summed E-state index contributed by atoms with van der Waals surface area (Å²) in [6.45, 7) is 4.36. The van der Waals surface area contributed by atoms with Crippen molar-refractivity contribution in [1.29, 1.82) is 0 Å². The molecule has 1 fully saturated rings. The third-order valence-corrected chi connectivity index (χ3v) is 5.74. The number of nitrogens with one attached hydrogen (secondary N) is 1. The summed E-state index contributed by atoms with van der Waals surface area (Å²) in [4.78, 5) is 12.3. The molecule has 0 spiro atoms. The Morgan fingerprint density at radius 1 is 1.31 bits per heavy atom. The number of rotatable bonds is 7. The molecule has 1 aliphatic carbocycles. The Labute approximate surface area is 163 Å². The van der Waals surface area contributed by atoms with Crippen LogP contribution in [-0.4, -0.2) is 32.5 Å². The smallest absolute Gasteiger partial charge is 0.230 e. The molecular formula is C19H23ClN4OS. The van der Waals surface area contributed by atoms with Crippen LogP contribution >= 0.6 is 23.4 Å². The second-order valence-corrected chi connectivity index (χ2v) is 7.73. The molecule has 1 aliphatic rings. The molecule has 2 aromatic rings. The number of benzene rings is 1. The van der Waals surface area contributed by atoms with Gasteiger partial charge < -0.3 is 5.32 Å². The highest BCUT2D eigenvalue weighted by Crippen LogP contribution is 2.29. The molecular weight excluding hydrogens is 368 g/mol. The van der Waals surface area contributed by atoms with Gasteiger partial charge in [0, 0.05) is 18.2 Å². The van der Waals surface area contributed by atoms with Crippen molar-refractivity contribution in [3.05, 3.63) is 41.9 Å². The fraction of sp³-hybridized carbons (Fsp3) is 0.421. The normalized spacial score (nSPS) is 15.0. The number of carbonyl (C=O) groups is 1. The van der Waals surface area contributed by atoms with E-state index in [9.17, 15) is 4.79 Å². The molecule has 26 heavy (non-hydrogen) atoms. The predicted molar refractivity (Wildman–Crippen MR) is 106 cm³/mol. The highest BCUT2D eigenvalue weighted by Gasteiger charge is 2.19. The maximum absolute atomic E-state index is 12.3. The maximum atomic E-state index is 12.3. The molecule has 0 atom stereocenters. The van der Waals surface area contributed by atoms with Gasteiger partial charge in [0.15, 0.2) is 11.0 Å². The second kappa shape index (κ2) is 9.24. The average molecular weight is 391 g/mol. The van der Waals surface area contributed by atoms with Crippen LogP contribution in [0.15, 0.2) is 42.1 Å². The Bertz CT molecular complexity index is 771. The summed E-state index contributed by atoms with van der Waals surface area (Å²) in [5, 5.41) is 13.0. The van der Waals surface area contributed by atoms with Crippen molar-refractivity contribution in [2.75, 3.05) is 5.75 Å². The van der Waals surface area contributed by atoms with Crippen LogP contribution in [0.2, 0.25) is 5.02 Å². The van der Waals surface area contributed by atoms with Gasteiger partial charge in [0.05, 0.1) is 10.8 Å². The molecule has 7 heteroatoms. The van der Waals surface area contributed by atoms with Crippen molar-refractivity contribution in [3.63, 3.8) is 0 Å². The summed E-state index contributed by atoms with van der Waals surface area (Å²) >= 11 is 7.69. The molecule has 0 unspecified atom stereocenters. The first-order valence-corrected chi connectivity index (χ1v) is 10.3. The Balaban J connectivity index is 1.69. The van der Waals surface area contributed by atoms with Gasteiger partial charge in [0.2, 0.25) is 5.91 Å². The first kappa shape index (κ1) is 19.0. The second-order valence-electron chi connectivity index (χ2n) is 6.38. The van der Waals surface area contributed by atoms with Crippen LogP contribution in [0.1, 0.15) is 32.1 Å². The van der Waals surface area contributed by atoms with Gasteiger partial charge >= 0.3 is 0 Å². The summed E-state index contributed by atoms with van der Waals surface area (Å²) in [7, 11) is 0. The number of thioether (sulfide) groups is 1. The molecule has 138 valence electrons. The van der Waals surface area contributed by atoms with Crippen molar-refractivity contribution in [1.82, 2.24) is 20.1 Å². The van der Waals surface area contributed by atoms with Crippen molar-refractivity contribution >= 4 is 29.3 Å². The Morgan fingerprint density at radius 2 is 2.08 bits per heavy atom. The molecule has 1 aromatic heterocycles. The minimum absolute atomic E-state index is 0.0503. The number of carbonyl (C=O) groups excluding carboxylic acids is 1. The molecule has 1 aromatic carbocycles. The summed E-state index contributed by atoms with van der Waals surface area (Å²) < 4.78 is 1.94. The van der Waals surface area contributed by atoms with E-state index in [4.69, 9.17) is 11.6 Å². The number of halogens is 1. The summed E-state index contributed by atoms with van der Waals surface area (Å²) in [5.41, 5.74) is 0.821. The lowest BCUT2D eigenvalue weighted by Crippen LogP contribution is -2.37. The number of allylic oxidation sites excluding steroid dienone is 1. The van der Waals surface area contributed by atoms with E-state index in [1.165, 1.54) is 31.0 Å². The molecule has 1 N–H and O–H groups in total. The zero-order valence-corrected chi connectivity index (χ0v) is 16.2. The number of hydrogen-bond donors (Lipinski definition) is 1. The molecule has 1 amide bonds. The summed E-state index contributed by atoms with van der Waals surface area (Å²) in [6, 6.07) is 7.86. The predicted octanol–water partition coefficient (Wildman–Crippen LogP) is 4.33. The lowest BCUT2D eigenvalue weighted by molar-refractivity contribution is -0.119. The van der Waals surface area contributed by atoms with E-state index in [1.54, 1.807) is 6.08 Å². The highest BCUT2D eigenvalue weighted by atomic mass is 35.5. The van der Waals surface area contributed by atoms with E-state index >= 15 is 0 Å². The monoisotopic (exact) mass is 390 g/mol. The van der Waals surface area contributed by atoms with Gasteiger partial charge in [-0.05, 0) is 25.0 Å². The molecule has 3 rings (SSSR count).